The largest absolute Gasteiger partial charge is 0.325 e. The van der Waals surface area contributed by atoms with Gasteiger partial charge in [-0.3, -0.25) is 9.69 Å². The second kappa shape index (κ2) is 7.65. The van der Waals surface area contributed by atoms with Crippen LogP contribution in [0.25, 0.3) is 20.8 Å². The Kier molecular flexibility index (Phi) is 5.31. The number of nitrogens with zero attached hydrogens (tertiary/aromatic N) is 3. The van der Waals surface area contributed by atoms with Crippen molar-refractivity contribution in [1.82, 2.24) is 9.88 Å². The first-order chi connectivity index (χ1) is 12.5. The predicted molar refractivity (Wildman–Crippen MR) is 106 cm³/mol. The maximum absolute atomic E-state index is 12.3. The van der Waals surface area contributed by atoms with Crippen LogP contribution in [0.5, 0.6) is 0 Å². The zero-order valence-electron chi connectivity index (χ0n) is 15.0. The molecule has 0 fully saturated rings. The van der Waals surface area contributed by atoms with Gasteiger partial charge in [0, 0.05) is 11.3 Å². The molecule has 2 aromatic carbocycles. The number of fused-ring (bicyclic) bond motifs is 1. The van der Waals surface area contributed by atoms with E-state index in [2.05, 4.69) is 29.4 Å². The molecule has 0 saturated heterocycles. The van der Waals surface area contributed by atoms with Gasteiger partial charge < -0.3 is 5.32 Å². The topological polar surface area (TPSA) is 69.0 Å². The van der Waals surface area contributed by atoms with Crippen molar-refractivity contribution in [1.29, 1.82) is 5.26 Å². The minimum atomic E-state index is -0.373. The molecule has 1 atom stereocenters. The molecule has 0 aliphatic carbocycles. The zero-order valence-corrected chi connectivity index (χ0v) is 15.8. The van der Waals surface area contributed by atoms with Crippen molar-refractivity contribution in [3.8, 4) is 16.6 Å². The summed E-state index contributed by atoms with van der Waals surface area (Å²) in [6, 6.07) is 15.6. The number of rotatable bonds is 5. The van der Waals surface area contributed by atoms with Crippen LogP contribution in [0.1, 0.15) is 12.5 Å². The van der Waals surface area contributed by atoms with Crippen LogP contribution >= 0.6 is 11.3 Å². The Morgan fingerprint density at radius 3 is 2.73 bits per heavy atom. The van der Waals surface area contributed by atoms with E-state index in [1.165, 1.54) is 10.3 Å². The molecule has 0 aliphatic heterocycles. The van der Waals surface area contributed by atoms with Crippen molar-refractivity contribution in [2.24, 2.45) is 0 Å². The highest BCUT2D eigenvalue weighted by molar-refractivity contribution is 7.21. The Morgan fingerprint density at radius 2 is 2.04 bits per heavy atom. The quantitative estimate of drug-likeness (QED) is 0.693. The summed E-state index contributed by atoms with van der Waals surface area (Å²) in [6.45, 7) is 4.07. The number of hydrogen-bond acceptors (Lipinski definition) is 5. The Hall–Kier alpha value is -2.75. The number of anilines is 1. The Bertz CT molecular complexity index is 972. The van der Waals surface area contributed by atoms with Crippen LogP contribution in [0.2, 0.25) is 0 Å². The van der Waals surface area contributed by atoms with E-state index in [1.54, 1.807) is 30.2 Å². The second-order valence-corrected chi connectivity index (χ2v) is 7.34. The minimum absolute atomic E-state index is 0.133. The van der Waals surface area contributed by atoms with Crippen LogP contribution < -0.4 is 5.32 Å². The molecule has 0 aliphatic rings. The summed E-state index contributed by atoms with van der Waals surface area (Å²) in [6.07, 6.45) is 0. The van der Waals surface area contributed by atoms with E-state index in [-0.39, 0.29) is 18.5 Å². The van der Waals surface area contributed by atoms with Gasteiger partial charge in [-0.15, -0.1) is 11.3 Å². The molecule has 1 aromatic heterocycles. The van der Waals surface area contributed by atoms with Gasteiger partial charge in [-0.05, 0) is 62.9 Å². The summed E-state index contributed by atoms with van der Waals surface area (Å²) < 4.78 is 1.17. The van der Waals surface area contributed by atoms with Gasteiger partial charge in [0.2, 0.25) is 5.91 Å². The number of amides is 1. The number of nitrogens with one attached hydrogen (secondary N) is 1. The van der Waals surface area contributed by atoms with Crippen molar-refractivity contribution in [2.45, 2.75) is 19.9 Å². The van der Waals surface area contributed by atoms with Gasteiger partial charge in [0.1, 0.15) is 5.01 Å². The molecule has 0 bridgehead atoms. The Morgan fingerprint density at radius 1 is 1.31 bits per heavy atom. The van der Waals surface area contributed by atoms with Crippen LogP contribution in [0.3, 0.4) is 0 Å². The fraction of sp³-hybridized carbons (Fsp3) is 0.250. The first-order valence-electron chi connectivity index (χ1n) is 8.33. The molecule has 132 valence electrons. The molecule has 1 N–H and O–H groups in total. The molecule has 1 heterocycles. The molecule has 0 radical (unpaired) electrons. The molecular weight excluding hydrogens is 344 g/mol. The normalized spacial score (nSPS) is 12.1. The first-order valence-corrected chi connectivity index (χ1v) is 9.15. The zero-order chi connectivity index (χ0) is 18.7. The van der Waals surface area contributed by atoms with E-state index in [0.717, 1.165) is 21.8 Å². The number of likely N-dealkylation sites (N-methyl/N-ethyl adjacent to an activating group) is 1. The van der Waals surface area contributed by atoms with Crippen molar-refractivity contribution in [3.05, 3.63) is 48.0 Å². The number of carbonyl (C=O) groups is 1. The monoisotopic (exact) mass is 364 g/mol. The smallest absolute Gasteiger partial charge is 0.241 e. The van der Waals surface area contributed by atoms with Gasteiger partial charge >= 0.3 is 0 Å². The first kappa shape index (κ1) is 18.1. The SMILES string of the molecule is Cc1ccc2nc(-c3ccc(NC(=O)C(C)N(C)CC#N)cc3)sc2c1. The second-order valence-electron chi connectivity index (χ2n) is 6.31. The highest BCUT2D eigenvalue weighted by atomic mass is 32.1. The number of aryl methyl sites for hydroxylation is 1. The Balaban J connectivity index is 1.73. The van der Waals surface area contributed by atoms with E-state index in [4.69, 9.17) is 5.26 Å². The number of nitriles is 1. The average Bonchev–Trinajstić information content (AvgIpc) is 3.05. The van der Waals surface area contributed by atoms with Crippen LogP contribution in [-0.4, -0.2) is 35.4 Å². The lowest BCUT2D eigenvalue weighted by Crippen LogP contribution is -2.39. The van der Waals surface area contributed by atoms with E-state index < -0.39 is 0 Å². The molecule has 3 rings (SSSR count). The highest BCUT2D eigenvalue weighted by Crippen LogP contribution is 2.31. The molecule has 3 aromatic rings. The van der Waals surface area contributed by atoms with Gasteiger partial charge in [0.15, 0.2) is 0 Å². The van der Waals surface area contributed by atoms with E-state index in [0.29, 0.717) is 0 Å². The van der Waals surface area contributed by atoms with Crippen LogP contribution in [0, 0.1) is 18.3 Å². The molecule has 5 nitrogen and oxygen atoms in total. The number of thiazole rings is 1. The summed E-state index contributed by atoms with van der Waals surface area (Å²) in [5.74, 6) is -0.133. The van der Waals surface area contributed by atoms with Gasteiger partial charge in [0.05, 0.1) is 28.9 Å². The molecule has 1 amide bonds. The summed E-state index contributed by atoms with van der Waals surface area (Å²) in [5, 5.41) is 12.6. The van der Waals surface area contributed by atoms with E-state index in [9.17, 15) is 4.79 Å². The van der Waals surface area contributed by atoms with Gasteiger partial charge in [-0.2, -0.15) is 5.26 Å². The lowest BCUT2D eigenvalue weighted by Gasteiger charge is -2.20. The van der Waals surface area contributed by atoms with Crippen molar-refractivity contribution in [2.75, 3.05) is 18.9 Å². The fourth-order valence-corrected chi connectivity index (χ4v) is 3.62. The average molecular weight is 364 g/mol. The molecular formula is C20H20N4OS. The lowest BCUT2D eigenvalue weighted by molar-refractivity contribution is -0.120. The van der Waals surface area contributed by atoms with Crippen molar-refractivity contribution < 1.29 is 4.79 Å². The van der Waals surface area contributed by atoms with E-state index in [1.807, 2.05) is 36.4 Å². The van der Waals surface area contributed by atoms with E-state index >= 15 is 0 Å². The summed E-state index contributed by atoms with van der Waals surface area (Å²) >= 11 is 1.66. The number of aromatic nitrogens is 1. The molecule has 0 saturated carbocycles. The third kappa shape index (κ3) is 3.90. The fourth-order valence-electron chi connectivity index (χ4n) is 2.55. The van der Waals surface area contributed by atoms with Crippen molar-refractivity contribution >= 4 is 33.1 Å². The van der Waals surface area contributed by atoms with Gasteiger partial charge in [-0.25, -0.2) is 4.98 Å². The van der Waals surface area contributed by atoms with Gasteiger partial charge in [-0.1, -0.05) is 6.07 Å². The maximum atomic E-state index is 12.3. The Labute approximate surface area is 156 Å². The molecule has 0 spiro atoms. The maximum Gasteiger partial charge on any atom is 0.241 e. The molecule has 6 heteroatoms. The van der Waals surface area contributed by atoms with Crippen LogP contribution in [-0.2, 0) is 4.79 Å². The number of benzene rings is 2. The van der Waals surface area contributed by atoms with Crippen LogP contribution in [0.15, 0.2) is 42.5 Å². The summed E-state index contributed by atoms with van der Waals surface area (Å²) in [7, 11) is 1.76. The summed E-state index contributed by atoms with van der Waals surface area (Å²) in [5.41, 5.74) is 3.98. The third-order valence-corrected chi connectivity index (χ3v) is 5.37. The lowest BCUT2D eigenvalue weighted by atomic mass is 10.2. The van der Waals surface area contributed by atoms with Crippen molar-refractivity contribution in [3.63, 3.8) is 0 Å². The predicted octanol–water partition coefficient (Wildman–Crippen LogP) is 4.05. The highest BCUT2D eigenvalue weighted by Gasteiger charge is 2.17. The summed E-state index contributed by atoms with van der Waals surface area (Å²) in [4.78, 5) is 18.6. The standard InChI is InChI=1S/C20H20N4OS/c1-13-4-9-17-18(12-13)26-20(23-17)15-5-7-16(8-6-15)22-19(25)14(2)24(3)11-10-21/h4-9,12,14H,11H2,1-3H3,(H,22,25). The minimum Gasteiger partial charge on any atom is -0.325 e. The van der Waals surface area contributed by atoms with Crippen LogP contribution in [0.4, 0.5) is 5.69 Å². The van der Waals surface area contributed by atoms with Gasteiger partial charge in [0.25, 0.3) is 0 Å². The number of carbonyl (C=O) groups excluding carboxylic acids is 1. The third-order valence-electron chi connectivity index (χ3n) is 4.30. The molecule has 1 unspecified atom stereocenters. The number of hydrogen-bond donors (Lipinski definition) is 1. The molecule has 26 heavy (non-hydrogen) atoms.